The average Bonchev–Trinajstić information content (AvgIpc) is 2.72. The summed E-state index contributed by atoms with van der Waals surface area (Å²) < 4.78 is 27.2. The van der Waals surface area contributed by atoms with Gasteiger partial charge in [-0.3, -0.25) is 10.0 Å². The molecule has 0 saturated carbocycles. The number of halogens is 1. The number of hydrogen-bond donors (Lipinski definition) is 2. The van der Waals surface area contributed by atoms with E-state index in [9.17, 15) is 13.2 Å². The Morgan fingerprint density at radius 2 is 1.75 bits per heavy atom. The maximum absolute atomic E-state index is 12.9. The molecule has 9 heteroatoms. The molecule has 1 heterocycles. The molecule has 0 unspecified atom stereocenters. The molecule has 0 aromatic heterocycles. The van der Waals surface area contributed by atoms with Crippen molar-refractivity contribution in [2.45, 2.75) is 4.90 Å². The summed E-state index contributed by atoms with van der Waals surface area (Å²) in [7, 11) is -3.59. The lowest BCUT2D eigenvalue weighted by molar-refractivity contribution is -0.124. The van der Waals surface area contributed by atoms with Crippen LogP contribution in [0.2, 0.25) is 5.02 Å². The summed E-state index contributed by atoms with van der Waals surface area (Å²) in [5.74, 6) is -0.658. The highest BCUT2D eigenvalue weighted by atomic mass is 35.5. The van der Waals surface area contributed by atoms with E-state index >= 15 is 0 Å². The summed E-state index contributed by atoms with van der Waals surface area (Å²) >= 11 is 6.03. The number of amides is 1. The molecule has 0 radical (unpaired) electrons. The predicted molar refractivity (Wildman–Crippen MR) is 108 cm³/mol. The van der Waals surface area contributed by atoms with Crippen molar-refractivity contribution < 1.29 is 18.4 Å². The van der Waals surface area contributed by atoms with E-state index in [1.165, 1.54) is 28.0 Å². The number of hydrogen-bond acceptors (Lipinski definition) is 5. The molecule has 3 rings (SSSR count). The highest BCUT2D eigenvalue weighted by molar-refractivity contribution is 7.89. The Morgan fingerprint density at radius 1 is 1.07 bits per heavy atom. The van der Waals surface area contributed by atoms with Gasteiger partial charge in [-0.2, -0.15) is 4.31 Å². The Hall–Kier alpha value is -2.39. The number of hydroxylamine groups is 1. The van der Waals surface area contributed by atoms with Crippen molar-refractivity contribution >= 4 is 39.3 Å². The molecule has 1 amide bonds. The minimum atomic E-state index is -3.59. The van der Waals surface area contributed by atoms with Gasteiger partial charge in [0.25, 0.3) is 5.91 Å². The Labute approximate surface area is 168 Å². The van der Waals surface area contributed by atoms with Crippen LogP contribution in [0.15, 0.2) is 59.5 Å². The number of carbonyl (C=O) groups excluding carboxylic acids is 1. The van der Waals surface area contributed by atoms with E-state index in [4.69, 9.17) is 16.8 Å². The molecular weight excluding hydrogens is 402 g/mol. The summed E-state index contributed by atoms with van der Waals surface area (Å²) in [6.45, 7) is 1.92. The number of sulfonamides is 1. The normalized spacial score (nSPS) is 15.7. The van der Waals surface area contributed by atoms with Crippen LogP contribution in [0, 0.1) is 0 Å². The zero-order chi connectivity index (χ0) is 20.1. The number of carbonyl (C=O) groups is 1. The van der Waals surface area contributed by atoms with Crippen LogP contribution in [0.3, 0.4) is 0 Å². The molecule has 2 aromatic carbocycles. The van der Waals surface area contributed by atoms with E-state index in [-0.39, 0.29) is 4.90 Å². The molecule has 1 aliphatic rings. The van der Waals surface area contributed by atoms with Gasteiger partial charge in [0.05, 0.1) is 4.90 Å². The van der Waals surface area contributed by atoms with Crippen molar-refractivity contribution in [1.29, 1.82) is 0 Å². The van der Waals surface area contributed by atoms with Crippen molar-refractivity contribution in [3.8, 4) is 0 Å². The molecule has 1 fully saturated rings. The van der Waals surface area contributed by atoms with E-state index in [1.807, 2.05) is 18.2 Å². The van der Waals surface area contributed by atoms with Gasteiger partial charge in [0.1, 0.15) is 0 Å². The van der Waals surface area contributed by atoms with Gasteiger partial charge in [0, 0.05) is 43.0 Å². The Kier molecular flexibility index (Phi) is 6.35. The first-order valence-electron chi connectivity index (χ1n) is 8.63. The lowest BCUT2D eigenvalue weighted by atomic mass is 10.2. The van der Waals surface area contributed by atoms with Gasteiger partial charge in [-0.1, -0.05) is 29.8 Å². The maximum atomic E-state index is 12.9. The molecular formula is C19H20ClN3O4S. The van der Waals surface area contributed by atoms with Gasteiger partial charge in [-0.05, 0) is 42.0 Å². The van der Waals surface area contributed by atoms with Gasteiger partial charge in [0.15, 0.2) is 0 Å². The third-order valence-corrected chi connectivity index (χ3v) is 6.62. The Bertz CT molecular complexity index is 969. The second-order valence-corrected chi connectivity index (χ2v) is 8.62. The minimum absolute atomic E-state index is 0.201. The fraction of sp³-hybridized carbons (Fsp3) is 0.211. The van der Waals surface area contributed by atoms with Crippen LogP contribution in [0.1, 0.15) is 5.56 Å². The summed E-state index contributed by atoms with van der Waals surface area (Å²) in [5, 5.41) is 9.12. The van der Waals surface area contributed by atoms with Gasteiger partial charge >= 0.3 is 0 Å². The summed E-state index contributed by atoms with van der Waals surface area (Å²) in [4.78, 5) is 13.3. The summed E-state index contributed by atoms with van der Waals surface area (Å²) in [5.41, 5.74) is 3.12. The van der Waals surface area contributed by atoms with E-state index in [2.05, 4.69) is 4.90 Å². The average molecular weight is 422 g/mol. The topological polar surface area (TPSA) is 90.0 Å². The highest BCUT2D eigenvalue weighted by Gasteiger charge is 2.28. The molecule has 0 spiro atoms. The Balaban J connectivity index is 1.67. The number of benzene rings is 2. The fourth-order valence-electron chi connectivity index (χ4n) is 2.97. The second kappa shape index (κ2) is 8.74. The second-order valence-electron chi connectivity index (χ2n) is 6.25. The molecule has 2 aromatic rings. The first kappa shape index (κ1) is 20.3. The summed E-state index contributed by atoms with van der Waals surface area (Å²) in [6, 6.07) is 13.7. The number of rotatable bonds is 5. The molecule has 1 aliphatic heterocycles. The van der Waals surface area contributed by atoms with Crippen LogP contribution >= 0.6 is 11.6 Å². The summed E-state index contributed by atoms with van der Waals surface area (Å²) in [6.07, 6.45) is 2.63. The molecule has 1 saturated heterocycles. The SMILES string of the molecule is O=C(/C=C/c1ccc(S(=O)(=O)N2CCN(c3cccc(Cl)c3)CC2)cc1)NO. The van der Waals surface area contributed by atoms with Crippen LogP contribution < -0.4 is 10.4 Å². The van der Waals surface area contributed by atoms with Crippen molar-refractivity contribution in [2.24, 2.45) is 0 Å². The largest absolute Gasteiger partial charge is 0.369 e. The van der Waals surface area contributed by atoms with Gasteiger partial charge in [0.2, 0.25) is 10.0 Å². The predicted octanol–water partition coefficient (Wildman–Crippen LogP) is 2.37. The van der Waals surface area contributed by atoms with Gasteiger partial charge < -0.3 is 4.90 Å². The Morgan fingerprint density at radius 3 is 2.36 bits per heavy atom. The van der Waals surface area contributed by atoms with E-state index < -0.39 is 15.9 Å². The lowest BCUT2D eigenvalue weighted by Gasteiger charge is -2.35. The van der Waals surface area contributed by atoms with Crippen LogP contribution in [-0.4, -0.2) is 50.0 Å². The lowest BCUT2D eigenvalue weighted by Crippen LogP contribution is -2.48. The van der Waals surface area contributed by atoms with E-state index in [1.54, 1.807) is 18.2 Å². The molecule has 0 bridgehead atoms. The van der Waals surface area contributed by atoms with Crippen LogP contribution in [-0.2, 0) is 14.8 Å². The monoisotopic (exact) mass is 421 g/mol. The van der Waals surface area contributed by atoms with Crippen molar-refractivity contribution in [2.75, 3.05) is 31.1 Å². The van der Waals surface area contributed by atoms with Crippen molar-refractivity contribution in [3.05, 3.63) is 65.2 Å². The first-order valence-corrected chi connectivity index (χ1v) is 10.4. The molecule has 0 aliphatic carbocycles. The first-order chi connectivity index (χ1) is 13.4. The minimum Gasteiger partial charge on any atom is -0.369 e. The van der Waals surface area contributed by atoms with Gasteiger partial charge in [-0.25, -0.2) is 13.9 Å². The smallest absolute Gasteiger partial charge is 0.267 e. The van der Waals surface area contributed by atoms with Crippen LogP contribution in [0.5, 0.6) is 0 Å². The number of piperazine rings is 1. The van der Waals surface area contributed by atoms with Gasteiger partial charge in [-0.15, -0.1) is 0 Å². The molecule has 28 heavy (non-hydrogen) atoms. The van der Waals surface area contributed by atoms with E-state index in [0.717, 1.165) is 11.8 Å². The molecule has 2 N–H and O–H groups in total. The zero-order valence-electron chi connectivity index (χ0n) is 15.0. The third kappa shape index (κ3) is 4.71. The number of nitrogens with zero attached hydrogens (tertiary/aromatic N) is 2. The van der Waals surface area contributed by atoms with Crippen molar-refractivity contribution in [3.63, 3.8) is 0 Å². The fourth-order valence-corrected chi connectivity index (χ4v) is 4.58. The zero-order valence-corrected chi connectivity index (χ0v) is 16.5. The molecule has 148 valence electrons. The number of anilines is 1. The highest BCUT2D eigenvalue weighted by Crippen LogP contribution is 2.23. The molecule has 7 nitrogen and oxygen atoms in total. The van der Waals surface area contributed by atoms with E-state index in [0.29, 0.717) is 36.8 Å². The standard InChI is InChI=1S/C19H20ClN3O4S/c20-16-2-1-3-17(14-16)22-10-12-23(13-11-22)28(26,27)18-7-4-15(5-8-18)6-9-19(24)21-25/h1-9,14,25H,10-13H2,(H,21,24)/b9-6+. The number of nitrogens with one attached hydrogen (secondary N) is 1. The van der Waals surface area contributed by atoms with Crippen LogP contribution in [0.4, 0.5) is 5.69 Å². The van der Waals surface area contributed by atoms with Crippen molar-refractivity contribution in [1.82, 2.24) is 9.79 Å². The van der Waals surface area contributed by atoms with Crippen LogP contribution in [0.25, 0.3) is 6.08 Å². The third-order valence-electron chi connectivity index (χ3n) is 4.47. The molecule has 0 atom stereocenters. The maximum Gasteiger partial charge on any atom is 0.267 e. The quantitative estimate of drug-likeness (QED) is 0.439.